The maximum Gasteiger partial charge on any atom is 0.227 e. The van der Waals surface area contributed by atoms with Crippen LogP contribution in [0.3, 0.4) is 0 Å². The van der Waals surface area contributed by atoms with E-state index in [0.29, 0.717) is 12.6 Å². The summed E-state index contributed by atoms with van der Waals surface area (Å²) in [4.78, 5) is 14.5. The lowest BCUT2D eigenvalue weighted by atomic mass is 9.84. The fourth-order valence-corrected chi connectivity index (χ4v) is 2.34. The van der Waals surface area contributed by atoms with Crippen LogP contribution < -0.4 is 5.73 Å². The molecule has 3 heteroatoms. The van der Waals surface area contributed by atoms with E-state index in [1.54, 1.807) is 0 Å². The van der Waals surface area contributed by atoms with Crippen molar-refractivity contribution in [3.8, 4) is 0 Å². The van der Waals surface area contributed by atoms with E-state index in [1.165, 1.54) is 12.8 Å². The summed E-state index contributed by atoms with van der Waals surface area (Å²) in [5.41, 5.74) is 5.96. The highest BCUT2D eigenvalue weighted by Crippen LogP contribution is 2.31. The van der Waals surface area contributed by atoms with E-state index in [9.17, 15) is 4.79 Å². The molecule has 3 nitrogen and oxygen atoms in total. The van der Waals surface area contributed by atoms with Crippen molar-refractivity contribution in [1.29, 1.82) is 0 Å². The van der Waals surface area contributed by atoms with Gasteiger partial charge in [0.2, 0.25) is 5.91 Å². The number of carbonyl (C=O) groups excluding carboxylic acids is 1. The van der Waals surface area contributed by atoms with Crippen molar-refractivity contribution < 1.29 is 4.79 Å². The smallest absolute Gasteiger partial charge is 0.227 e. The SMILES string of the molecule is CCCN(C(=O)C(CN)CC(C)(C)C)C1CC1. The lowest BCUT2D eigenvalue weighted by Crippen LogP contribution is -2.42. The zero-order valence-electron chi connectivity index (χ0n) is 11.8. The molecule has 1 amide bonds. The van der Waals surface area contributed by atoms with Crippen molar-refractivity contribution >= 4 is 5.91 Å². The average Bonchev–Trinajstić information content (AvgIpc) is 3.04. The Hall–Kier alpha value is -0.570. The highest BCUT2D eigenvalue weighted by Gasteiger charge is 2.35. The van der Waals surface area contributed by atoms with Gasteiger partial charge in [0.15, 0.2) is 0 Å². The van der Waals surface area contributed by atoms with Gasteiger partial charge in [0.05, 0.1) is 5.92 Å². The molecule has 0 bridgehead atoms. The van der Waals surface area contributed by atoms with Gasteiger partial charge in [0.25, 0.3) is 0 Å². The minimum absolute atomic E-state index is 0.00199. The molecule has 0 heterocycles. The van der Waals surface area contributed by atoms with Crippen LogP contribution in [0.2, 0.25) is 0 Å². The Morgan fingerprint density at radius 2 is 2.00 bits per heavy atom. The molecule has 0 aromatic heterocycles. The molecule has 1 atom stereocenters. The van der Waals surface area contributed by atoms with E-state index >= 15 is 0 Å². The predicted molar refractivity (Wildman–Crippen MR) is 71.6 cm³/mol. The molecule has 0 aromatic carbocycles. The van der Waals surface area contributed by atoms with Crippen LogP contribution in [0.4, 0.5) is 0 Å². The van der Waals surface area contributed by atoms with Crippen molar-refractivity contribution in [1.82, 2.24) is 4.90 Å². The van der Waals surface area contributed by atoms with Crippen molar-refractivity contribution in [3.63, 3.8) is 0 Å². The van der Waals surface area contributed by atoms with Gasteiger partial charge in [-0.2, -0.15) is 0 Å². The van der Waals surface area contributed by atoms with Crippen LogP contribution in [0, 0.1) is 11.3 Å². The number of hydrogen-bond acceptors (Lipinski definition) is 2. The molecule has 1 fully saturated rings. The first-order valence-corrected chi connectivity index (χ1v) is 6.89. The fraction of sp³-hybridized carbons (Fsp3) is 0.929. The third kappa shape index (κ3) is 4.66. The number of nitrogens with two attached hydrogens (primary N) is 1. The highest BCUT2D eigenvalue weighted by molar-refractivity contribution is 5.79. The summed E-state index contributed by atoms with van der Waals surface area (Å²) < 4.78 is 0. The summed E-state index contributed by atoms with van der Waals surface area (Å²) in [5.74, 6) is 0.286. The minimum Gasteiger partial charge on any atom is -0.339 e. The van der Waals surface area contributed by atoms with Gasteiger partial charge < -0.3 is 10.6 Å². The first kappa shape index (κ1) is 14.5. The minimum atomic E-state index is 0.00199. The quantitative estimate of drug-likeness (QED) is 0.775. The lowest BCUT2D eigenvalue weighted by Gasteiger charge is -2.30. The van der Waals surface area contributed by atoms with E-state index in [2.05, 4.69) is 32.6 Å². The highest BCUT2D eigenvalue weighted by atomic mass is 16.2. The summed E-state index contributed by atoms with van der Waals surface area (Å²) >= 11 is 0. The van der Waals surface area contributed by atoms with E-state index in [0.717, 1.165) is 19.4 Å². The van der Waals surface area contributed by atoms with Crippen LogP contribution in [-0.2, 0) is 4.79 Å². The van der Waals surface area contributed by atoms with Crippen LogP contribution in [-0.4, -0.2) is 29.9 Å². The second-order valence-corrected chi connectivity index (χ2v) is 6.46. The van der Waals surface area contributed by atoms with Crippen LogP contribution in [0.25, 0.3) is 0 Å². The van der Waals surface area contributed by atoms with Crippen molar-refractivity contribution in [2.75, 3.05) is 13.1 Å². The maximum absolute atomic E-state index is 12.5. The molecule has 0 saturated heterocycles. The largest absolute Gasteiger partial charge is 0.339 e. The van der Waals surface area contributed by atoms with Gasteiger partial charge in [-0.1, -0.05) is 27.7 Å². The second kappa shape index (κ2) is 5.85. The van der Waals surface area contributed by atoms with Gasteiger partial charge >= 0.3 is 0 Å². The molecule has 2 N–H and O–H groups in total. The van der Waals surface area contributed by atoms with Crippen molar-refractivity contribution in [2.24, 2.45) is 17.1 Å². The van der Waals surface area contributed by atoms with Crippen LogP contribution in [0.5, 0.6) is 0 Å². The molecule has 1 aliphatic carbocycles. The van der Waals surface area contributed by atoms with Crippen molar-refractivity contribution in [3.05, 3.63) is 0 Å². The monoisotopic (exact) mass is 240 g/mol. The second-order valence-electron chi connectivity index (χ2n) is 6.46. The molecule has 1 saturated carbocycles. The summed E-state index contributed by atoms with van der Waals surface area (Å²) in [7, 11) is 0. The number of amides is 1. The molecular weight excluding hydrogens is 212 g/mol. The maximum atomic E-state index is 12.5. The molecule has 1 aliphatic rings. The summed E-state index contributed by atoms with van der Waals surface area (Å²) in [5, 5.41) is 0. The number of hydrogen-bond donors (Lipinski definition) is 1. The Labute approximate surface area is 106 Å². The van der Waals surface area contributed by atoms with Gasteiger partial charge in [-0.05, 0) is 31.1 Å². The summed E-state index contributed by atoms with van der Waals surface area (Å²) in [6.07, 6.45) is 4.28. The molecule has 0 aromatic rings. The average molecular weight is 240 g/mol. The fourth-order valence-electron chi connectivity index (χ4n) is 2.34. The lowest BCUT2D eigenvalue weighted by molar-refractivity contribution is -0.136. The molecule has 100 valence electrons. The third-order valence-corrected chi connectivity index (χ3v) is 3.23. The van der Waals surface area contributed by atoms with Gasteiger partial charge in [-0.25, -0.2) is 0 Å². The Bertz CT molecular complexity index is 253. The summed E-state index contributed by atoms with van der Waals surface area (Å²) in [6, 6.07) is 0.511. The first-order valence-electron chi connectivity index (χ1n) is 6.89. The molecule has 0 spiro atoms. The first-order chi connectivity index (χ1) is 7.89. The normalized spacial score (nSPS) is 17.9. The number of nitrogens with zero attached hydrogens (tertiary/aromatic N) is 1. The van der Waals surface area contributed by atoms with E-state index < -0.39 is 0 Å². The zero-order chi connectivity index (χ0) is 13.1. The Morgan fingerprint density at radius 1 is 1.41 bits per heavy atom. The number of carbonyl (C=O) groups is 1. The topological polar surface area (TPSA) is 46.3 Å². The van der Waals surface area contributed by atoms with Crippen LogP contribution in [0.15, 0.2) is 0 Å². The zero-order valence-corrected chi connectivity index (χ0v) is 11.8. The van der Waals surface area contributed by atoms with E-state index in [1.807, 2.05) is 0 Å². The molecule has 17 heavy (non-hydrogen) atoms. The van der Waals surface area contributed by atoms with E-state index in [4.69, 9.17) is 5.73 Å². The standard InChI is InChI=1S/C14H28N2O/c1-5-8-16(12-6-7-12)13(17)11(10-15)9-14(2,3)4/h11-12H,5-10,15H2,1-4H3. The summed E-state index contributed by atoms with van der Waals surface area (Å²) in [6.45, 7) is 10.0. The Balaban J connectivity index is 2.62. The van der Waals surface area contributed by atoms with Gasteiger partial charge in [-0.3, -0.25) is 4.79 Å². The molecule has 1 unspecified atom stereocenters. The van der Waals surface area contributed by atoms with Gasteiger partial charge in [0, 0.05) is 19.1 Å². The number of rotatable bonds is 6. The molecule has 0 aliphatic heterocycles. The van der Waals surface area contributed by atoms with Crippen LogP contribution >= 0.6 is 0 Å². The predicted octanol–water partition coefficient (Wildman–Crippen LogP) is 2.40. The Kier molecular flexibility index (Phi) is 4.99. The van der Waals surface area contributed by atoms with Gasteiger partial charge in [0.1, 0.15) is 0 Å². The van der Waals surface area contributed by atoms with Gasteiger partial charge in [-0.15, -0.1) is 0 Å². The van der Waals surface area contributed by atoms with Crippen molar-refractivity contribution in [2.45, 2.75) is 59.4 Å². The molecule has 1 rings (SSSR count). The molecule has 0 radical (unpaired) electrons. The molecular formula is C14H28N2O. The Morgan fingerprint density at radius 3 is 2.35 bits per heavy atom. The van der Waals surface area contributed by atoms with Crippen LogP contribution in [0.1, 0.15) is 53.4 Å². The van der Waals surface area contributed by atoms with E-state index in [-0.39, 0.29) is 17.2 Å². The third-order valence-electron chi connectivity index (χ3n) is 3.23.